The van der Waals surface area contributed by atoms with Gasteiger partial charge < -0.3 is 15.1 Å². The number of halogens is 1. The Kier molecular flexibility index (Phi) is 5.23. The van der Waals surface area contributed by atoms with Crippen LogP contribution in [0.3, 0.4) is 0 Å². The predicted octanol–water partition coefficient (Wildman–Crippen LogP) is 1.68. The Hall–Kier alpha value is -2.96. The third-order valence-electron chi connectivity index (χ3n) is 4.12. The van der Waals surface area contributed by atoms with Crippen LogP contribution in [0.5, 0.6) is 0 Å². The third-order valence-corrected chi connectivity index (χ3v) is 4.12. The molecule has 1 aliphatic heterocycles. The minimum Gasteiger partial charge on any atom is -0.367 e. The first-order valence-corrected chi connectivity index (χ1v) is 8.09. The summed E-state index contributed by atoms with van der Waals surface area (Å²) in [6.45, 7) is 2.91. The van der Waals surface area contributed by atoms with Gasteiger partial charge in [0.1, 0.15) is 11.6 Å². The quantitative estimate of drug-likeness (QED) is 0.840. The molecule has 2 heterocycles. The molecule has 0 spiro atoms. The molecule has 130 valence electrons. The van der Waals surface area contributed by atoms with Gasteiger partial charge in [0.05, 0.1) is 18.3 Å². The van der Waals surface area contributed by atoms with Crippen molar-refractivity contribution in [1.29, 1.82) is 0 Å². The van der Waals surface area contributed by atoms with E-state index in [4.69, 9.17) is 0 Å². The lowest BCUT2D eigenvalue weighted by Gasteiger charge is -2.33. The highest BCUT2D eigenvalue weighted by molar-refractivity contribution is 5.91. The van der Waals surface area contributed by atoms with Gasteiger partial charge in [-0.15, -0.1) is 0 Å². The summed E-state index contributed by atoms with van der Waals surface area (Å²) in [6, 6.07) is 9.50. The van der Waals surface area contributed by atoms with Gasteiger partial charge in [-0.25, -0.2) is 9.37 Å². The monoisotopic (exact) mass is 342 g/mol. The molecule has 0 radical (unpaired) electrons. The number of carbonyl (C=O) groups excluding carboxylic acids is 2. The molecule has 1 saturated heterocycles. The molecule has 3 rings (SSSR count). The van der Waals surface area contributed by atoms with Crippen molar-refractivity contribution in [3.05, 3.63) is 54.0 Å². The molecule has 0 aliphatic carbocycles. The summed E-state index contributed by atoms with van der Waals surface area (Å²) in [6.07, 6.45) is 2.75. The lowest BCUT2D eigenvalue weighted by Crippen LogP contribution is -2.45. The van der Waals surface area contributed by atoms with Crippen molar-refractivity contribution < 1.29 is 14.0 Å². The molecule has 0 saturated carbocycles. The molecular weight excluding hydrogens is 323 g/mol. The molecule has 2 amide bonds. The van der Waals surface area contributed by atoms with Crippen LogP contribution in [0.1, 0.15) is 5.56 Å². The highest BCUT2D eigenvalue weighted by Gasteiger charge is 2.16. The Morgan fingerprint density at radius 3 is 2.44 bits per heavy atom. The van der Waals surface area contributed by atoms with Crippen LogP contribution < -0.4 is 10.2 Å². The summed E-state index contributed by atoms with van der Waals surface area (Å²) in [4.78, 5) is 30.9. The van der Waals surface area contributed by atoms with E-state index in [1.54, 1.807) is 29.3 Å². The van der Waals surface area contributed by atoms with E-state index in [0.717, 1.165) is 30.8 Å². The van der Waals surface area contributed by atoms with E-state index in [1.807, 2.05) is 6.07 Å². The predicted molar refractivity (Wildman–Crippen MR) is 92.8 cm³/mol. The molecular formula is C18H19FN4O2. The zero-order valence-electron chi connectivity index (χ0n) is 13.7. The first kappa shape index (κ1) is 16.9. The van der Waals surface area contributed by atoms with Crippen LogP contribution in [0, 0.1) is 5.82 Å². The lowest BCUT2D eigenvalue weighted by molar-refractivity contribution is -0.118. The number of nitrogens with one attached hydrogen (secondary N) is 1. The first-order valence-electron chi connectivity index (χ1n) is 8.09. The van der Waals surface area contributed by atoms with Crippen molar-refractivity contribution in [2.75, 3.05) is 36.4 Å². The number of nitrogens with zero attached hydrogens (tertiary/aromatic N) is 3. The Morgan fingerprint density at radius 1 is 1.12 bits per heavy atom. The molecule has 2 aromatic rings. The molecule has 1 aliphatic rings. The average molecular weight is 342 g/mol. The standard InChI is InChI=1S/C18H19FN4O2/c19-15-3-1-14(2-4-15)11-18(25)21-17-6-5-16(12-20-17)23-9-7-22(13-24)8-10-23/h1-6,12-13H,7-11H2,(H,20,21,25). The second-order valence-corrected chi connectivity index (χ2v) is 5.88. The number of piperazine rings is 1. The molecule has 1 aromatic heterocycles. The van der Waals surface area contributed by atoms with Crippen LogP contribution in [0.15, 0.2) is 42.6 Å². The third kappa shape index (κ3) is 4.53. The number of benzene rings is 1. The summed E-state index contributed by atoms with van der Waals surface area (Å²) >= 11 is 0. The van der Waals surface area contributed by atoms with E-state index in [-0.39, 0.29) is 18.1 Å². The largest absolute Gasteiger partial charge is 0.367 e. The van der Waals surface area contributed by atoms with Gasteiger partial charge in [-0.2, -0.15) is 0 Å². The second kappa shape index (κ2) is 7.74. The number of rotatable bonds is 5. The molecule has 1 fully saturated rings. The van der Waals surface area contributed by atoms with Crippen molar-refractivity contribution in [3.63, 3.8) is 0 Å². The summed E-state index contributed by atoms with van der Waals surface area (Å²) in [5.41, 5.74) is 1.70. The minimum absolute atomic E-state index is 0.164. The first-order chi connectivity index (χ1) is 12.1. The smallest absolute Gasteiger partial charge is 0.229 e. The van der Waals surface area contributed by atoms with E-state index >= 15 is 0 Å². The van der Waals surface area contributed by atoms with Gasteiger partial charge in [0.2, 0.25) is 12.3 Å². The van der Waals surface area contributed by atoms with E-state index < -0.39 is 0 Å². The van der Waals surface area contributed by atoms with Gasteiger partial charge in [0.15, 0.2) is 0 Å². The van der Waals surface area contributed by atoms with E-state index in [1.165, 1.54) is 12.1 Å². The van der Waals surface area contributed by atoms with Crippen molar-refractivity contribution in [3.8, 4) is 0 Å². The van der Waals surface area contributed by atoms with Crippen molar-refractivity contribution >= 4 is 23.8 Å². The maximum Gasteiger partial charge on any atom is 0.229 e. The van der Waals surface area contributed by atoms with Crippen LogP contribution in [-0.2, 0) is 16.0 Å². The van der Waals surface area contributed by atoms with Crippen LogP contribution in [0.4, 0.5) is 15.9 Å². The molecule has 1 aromatic carbocycles. The Balaban J connectivity index is 1.54. The number of pyridine rings is 1. The maximum atomic E-state index is 12.9. The number of aromatic nitrogens is 1. The molecule has 1 N–H and O–H groups in total. The number of carbonyl (C=O) groups is 2. The van der Waals surface area contributed by atoms with Gasteiger partial charge in [-0.05, 0) is 29.8 Å². The van der Waals surface area contributed by atoms with Crippen LogP contribution in [0.25, 0.3) is 0 Å². The van der Waals surface area contributed by atoms with Crippen molar-refractivity contribution in [2.45, 2.75) is 6.42 Å². The van der Waals surface area contributed by atoms with Crippen molar-refractivity contribution in [1.82, 2.24) is 9.88 Å². The lowest BCUT2D eigenvalue weighted by atomic mass is 10.1. The molecule has 0 bridgehead atoms. The second-order valence-electron chi connectivity index (χ2n) is 5.88. The van der Waals surface area contributed by atoms with Gasteiger partial charge >= 0.3 is 0 Å². The van der Waals surface area contributed by atoms with Crippen LogP contribution in [-0.4, -0.2) is 48.4 Å². The summed E-state index contributed by atoms with van der Waals surface area (Å²) in [7, 11) is 0. The average Bonchev–Trinajstić information content (AvgIpc) is 2.64. The van der Waals surface area contributed by atoms with E-state index in [2.05, 4.69) is 15.2 Å². The molecule has 6 nitrogen and oxygen atoms in total. The SMILES string of the molecule is O=CN1CCN(c2ccc(NC(=O)Cc3ccc(F)cc3)nc2)CC1. The Labute approximate surface area is 145 Å². The molecule has 0 atom stereocenters. The molecule has 25 heavy (non-hydrogen) atoms. The topological polar surface area (TPSA) is 65.5 Å². The number of amides is 2. The summed E-state index contributed by atoms with van der Waals surface area (Å²) < 4.78 is 12.9. The van der Waals surface area contributed by atoms with Gasteiger partial charge in [0.25, 0.3) is 0 Å². The highest BCUT2D eigenvalue weighted by Crippen LogP contribution is 2.17. The summed E-state index contributed by atoms with van der Waals surface area (Å²) in [5.74, 6) is -0.0516. The Morgan fingerprint density at radius 2 is 1.84 bits per heavy atom. The van der Waals surface area contributed by atoms with Crippen LogP contribution >= 0.6 is 0 Å². The molecule has 0 unspecified atom stereocenters. The zero-order chi connectivity index (χ0) is 17.6. The molecule has 7 heteroatoms. The maximum absolute atomic E-state index is 12.9. The fourth-order valence-corrected chi connectivity index (χ4v) is 2.71. The fraction of sp³-hybridized carbons (Fsp3) is 0.278. The minimum atomic E-state index is -0.324. The van der Waals surface area contributed by atoms with Gasteiger partial charge in [0, 0.05) is 26.2 Å². The summed E-state index contributed by atoms with van der Waals surface area (Å²) in [5, 5.41) is 2.73. The van der Waals surface area contributed by atoms with Gasteiger partial charge in [-0.3, -0.25) is 9.59 Å². The van der Waals surface area contributed by atoms with Crippen LogP contribution in [0.2, 0.25) is 0 Å². The van der Waals surface area contributed by atoms with E-state index in [0.29, 0.717) is 18.9 Å². The number of hydrogen-bond donors (Lipinski definition) is 1. The van der Waals surface area contributed by atoms with E-state index in [9.17, 15) is 14.0 Å². The highest BCUT2D eigenvalue weighted by atomic mass is 19.1. The van der Waals surface area contributed by atoms with Gasteiger partial charge in [-0.1, -0.05) is 12.1 Å². The fourth-order valence-electron chi connectivity index (χ4n) is 2.71. The Bertz CT molecular complexity index is 726. The normalized spacial score (nSPS) is 14.3. The number of anilines is 2. The zero-order valence-corrected chi connectivity index (χ0v) is 13.7. The number of hydrogen-bond acceptors (Lipinski definition) is 4. The van der Waals surface area contributed by atoms with Crippen molar-refractivity contribution in [2.24, 2.45) is 0 Å².